The summed E-state index contributed by atoms with van der Waals surface area (Å²) in [5.74, 6) is 0.900. The van der Waals surface area contributed by atoms with Crippen LogP contribution in [0.2, 0.25) is 0 Å². The Bertz CT molecular complexity index is 913. The highest BCUT2D eigenvalue weighted by Crippen LogP contribution is 2.29. The minimum absolute atomic E-state index is 0.00848. The molecule has 1 rings (SSSR count). The summed E-state index contributed by atoms with van der Waals surface area (Å²) in [7, 11) is 1.61. The molecular formula is C28H40O5. The predicted octanol–water partition coefficient (Wildman–Crippen LogP) is 5.81. The van der Waals surface area contributed by atoms with Crippen molar-refractivity contribution < 1.29 is 24.5 Å². The van der Waals surface area contributed by atoms with E-state index in [-0.39, 0.29) is 23.2 Å². The molecule has 5 heteroatoms. The average molecular weight is 457 g/mol. The fraction of sp³-hybridized carbons (Fsp3) is 0.500. The number of carbonyl (C=O) groups is 2. The zero-order chi connectivity index (χ0) is 25.2. The fourth-order valence-electron chi connectivity index (χ4n) is 3.58. The SMILES string of the molecule is COc1c(C)cc(O)cc1C/C=C(\C)CC(=O)/C=C(\C)CCC[C@H](C)C(=O)/C=C/C(C)(C)O. The molecule has 0 radical (unpaired) electrons. The summed E-state index contributed by atoms with van der Waals surface area (Å²) >= 11 is 0. The van der Waals surface area contributed by atoms with Crippen LogP contribution >= 0.6 is 0 Å². The van der Waals surface area contributed by atoms with Crippen molar-refractivity contribution in [3.8, 4) is 11.5 Å². The first-order chi connectivity index (χ1) is 15.3. The van der Waals surface area contributed by atoms with Gasteiger partial charge in [0.25, 0.3) is 0 Å². The van der Waals surface area contributed by atoms with Crippen LogP contribution in [0.1, 0.15) is 71.4 Å². The standard InChI is InChI=1S/C28H40O5/c1-19(9-8-10-21(3)26(31)13-14-28(5,6)32)15-24(29)16-20(2)11-12-23-18-25(30)17-22(4)27(23)33-7/h11,13-15,17-18,21,30,32H,8-10,12,16H2,1-7H3/b14-13+,19-15+,20-11+/t21-/m0/s1. The molecule has 2 N–H and O–H groups in total. The molecule has 0 bridgehead atoms. The molecule has 1 atom stereocenters. The number of phenolic OH excluding ortho intramolecular Hbond substituents is 1. The van der Waals surface area contributed by atoms with E-state index >= 15 is 0 Å². The van der Waals surface area contributed by atoms with E-state index in [0.717, 1.165) is 47.3 Å². The Kier molecular flexibility index (Phi) is 11.3. The molecule has 1 aromatic carbocycles. The number of carbonyl (C=O) groups excluding carboxylic acids is 2. The minimum Gasteiger partial charge on any atom is -0.508 e. The zero-order valence-electron chi connectivity index (χ0n) is 21.2. The van der Waals surface area contributed by atoms with Crippen LogP contribution in [-0.2, 0) is 16.0 Å². The van der Waals surface area contributed by atoms with Crippen molar-refractivity contribution in [1.82, 2.24) is 0 Å². The summed E-state index contributed by atoms with van der Waals surface area (Å²) in [6.07, 6.45) is 9.90. The lowest BCUT2D eigenvalue weighted by atomic mass is 9.96. The second kappa shape index (κ2) is 13.1. The van der Waals surface area contributed by atoms with Crippen molar-refractivity contribution in [3.05, 3.63) is 58.7 Å². The molecule has 0 aromatic heterocycles. The highest BCUT2D eigenvalue weighted by Gasteiger charge is 2.13. The van der Waals surface area contributed by atoms with Crippen LogP contribution in [0.4, 0.5) is 0 Å². The van der Waals surface area contributed by atoms with E-state index in [2.05, 4.69) is 0 Å². The van der Waals surface area contributed by atoms with E-state index in [0.29, 0.717) is 12.8 Å². The molecule has 0 saturated carbocycles. The lowest BCUT2D eigenvalue weighted by molar-refractivity contribution is -0.118. The van der Waals surface area contributed by atoms with Crippen molar-refractivity contribution in [1.29, 1.82) is 0 Å². The van der Waals surface area contributed by atoms with E-state index in [9.17, 15) is 19.8 Å². The third-order valence-electron chi connectivity index (χ3n) is 5.42. The van der Waals surface area contributed by atoms with Crippen LogP contribution in [0.25, 0.3) is 0 Å². The molecule has 0 saturated heterocycles. The van der Waals surface area contributed by atoms with Gasteiger partial charge in [-0.2, -0.15) is 0 Å². The van der Waals surface area contributed by atoms with Crippen LogP contribution in [0, 0.1) is 12.8 Å². The first-order valence-corrected chi connectivity index (χ1v) is 11.5. The maximum atomic E-state index is 12.4. The van der Waals surface area contributed by atoms with Gasteiger partial charge in [-0.15, -0.1) is 0 Å². The number of hydrogen-bond donors (Lipinski definition) is 2. The monoisotopic (exact) mass is 456 g/mol. The number of aromatic hydroxyl groups is 1. The Balaban J connectivity index is 2.56. The molecule has 0 aliphatic heterocycles. The third kappa shape index (κ3) is 11.2. The van der Waals surface area contributed by atoms with E-state index in [1.165, 1.54) is 12.2 Å². The maximum absolute atomic E-state index is 12.4. The zero-order valence-corrected chi connectivity index (χ0v) is 21.2. The van der Waals surface area contributed by atoms with Gasteiger partial charge in [0.05, 0.1) is 12.7 Å². The molecule has 0 unspecified atom stereocenters. The first-order valence-electron chi connectivity index (χ1n) is 11.5. The predicted molar refractivity (Wildman–Crippen MR) is 134 cm³/mol. The van der Waals surface area contributed by atoms with Crippen LogP contribution in [0.3, 0.4) is 0 Å². The number of aliphatic hydroxyl groups is 1. The number of rotatable bonds is 13. The third-order valence-corrected chi connectivity index (χ3v) is 5.42. The van der Waals surface area contributed by atoms with Crippen molar-refractivity contribution in [2.45, 2.75) is 79.2 Å². The molecule has 0 aliphatic carbocycles. The van der Waals surface area contributed by atoms with Crippen molar-refractivity contribution >= 4 is 11.6 Å². The van der Waals surface area contributed by atoms with Gasteiger partial charge in [0, 0.05) is 17.9 Å². The van der Waals surface area contributed by atoms with E-state index in [4.69, 9.17) is 4.74 Å². The largest absolute Gasteiger partial charge is 0.508 e. The van der Waals surface area contributed by atoms with Gasteiger partial charge >= 0.3 is 0 Å². The second-order valence-electron chi connectivity index (χ2n) is 9.53. The van der Waals surface area contributed by atoms with Crippen LogP contribution in [0.5, 0.6) is 11.5 Å². The molecule has 182 valence electrons. The average Bonchev–Trinajstić information content (AvgIpc) is 2.69. The van der Waals surface area contributed by atoms with Gasteiger partial charge in [-0.1, -0.05) is 30.2 Å². The van der Waals surface area contributed by atoms with Gasteiger partial charge in [-0.3, -0.25) is 9.59 Å². The van der Waals surface area contributed by atoms with Crippen molar-refractivity contribution in [3.63, 3.8) is 0 Å². The first kappa shape index (κ1) is 28.4. The van der Waals surface area contributed by atoms with Crippen molar-refractivity contribution in [2.75, 3.05) is 7.11 Å². The quantitative estimate of drug-likeness (QED) is 0.289. The van der Waals surface area contributed by atoms with Gasteiger partial charge in [-0.25, -0.2) is 0 Å². The summed E-state index contributed by atoms with van der Waals surface area (Å²) < 4.78 is 5.44. The van der Waals surface area contributed by atoms with Crippen LogP contribution in [-0.4, -0.2) is 34.5 Å². The number of aryl methyl sites for hydroxylation is 1. The fourth-order valence-corrected chi connectivity index (χ4v) is 3.58. The summed E-state index contributed by atoms with van der Waals surface area (Å²) in [6, 6.07) is 3.35. The van der Waals surface area contributed by atoms with Crippen molar-refractivity contribution in [2.24, 2.45) is 5.92 Å². The normalized spacial score (nSPS) is 13.9. The Labute approximate surface area is 198 Å². The summed E-state index contributed by atoms with van der Waals surface area (Å²) in [5.41, 5.74) is 2.73. The Hall–Kier alpha value is -2.66. The Morgan fingerprint density at radius 2 is 1.85 bits per heavy atom. The molecule has 1 aromatic rings. The lowest BCUT2D eigenvalue weighted by Crippen LogP contribution is -2.16. The lowest BCUT2D eigenvalue weighted by Gasteiger charge is -2.12. The molecule has 0 amide bonds. The molecule has 0 spiro atoms. The number of benzene rings is 1. The Morgan fingerprint density at radius 1 is 1.18 bits per heavy atom. The maximum Gasteiger partial charge on any atom is 0.159 e. The Morgan fingerprint density at radius 3 is 2.45 bits per heavy atom. The number of allylic oxidation sites excluding steroid dienone is 5. The second-order valence-corrected chi connectivity index (χ2v) is 9.53. The van der Waals surface area contributed by atoms with Gasteiger partial charge < -0.3 is 14.9 Å². The molecule has 33 heavy (non-hydrogen) atoms. The summed E-state index contributed by atoms with van der Waals surface area (Å²) in [6.45, 7) is 10.9. The van der Waals surface area contributed by atoms with Gasteiger partial charge in [-0.05, 0) is 90.2 Å². The number of hydrogen-bond acceptors (Lipinski definition) is 5. The highest BCUT2D eigenvalue weighted by atomic mass is 16.5. The summed E-state index contributed by atoms with van der Waals surface area (Å²) in [4.78, 5) is 24.5. The highest BCUT2D eigenvalue weighted by molar-refractivity contribution is 5.92. The molecule has 0 heterocycles. The molecule has 5 nitrogen and oxygen atoms in total. The number of ether oxygens (including phenoxy) is 1. The summed E-state index contributed by atoms with van der Waals surface area (Å²) in [5, 5.41) is 19.5. The number of phenols is 1. The van der Waals surface area contributed by atoms with E-state index in [1.54, 1.807) is 39.2 Å². The smallest absolute Gasteiger partial charge is 0.159 e. The number of ketones is 2. The van der Waals surface area contributed by atoms with Gasteiger partial charge in [0.1, 0.15) is 11.5 Å². The molecular weight excluding hydrogens is 416 g/mol. The van der Waals surface area contributed by atoms with Crippen LogP contribution < -0.4 is 4.74 Å². The minimum atomic E-state index is -0.991. The van der Waals surface area contributed by atoms with E-state index in [1.807, 2.05) is 33.8 Å². The van der Waals surface area contributed by atoms with Gasteiger partial charge in [0.2, 0.25) is 0 Å². The van der Waals surface area contributed by atoms with Crippen LogP contribution in [0.15, 0.2) is 47.6 Å². The molecule has 0 aliphatic rings. The van der Waals surface area contributed by atoms with Gasteiger partial charge in [0.15, 0.2) is 11.6 Å². The number of methoxy groups -OCH3 is 1. The van der Waals surface area contributed by atoms with E-state index < -0.39 is 5.60 Å². The molecule has 0 fully saturated rings. The topological polar surface area (TPSA) is 83.8 Å².